The van der Waals surface area contributed by atoms with Crippen LogP contribution in [0.3, 0.4) is 0 Å². The summed E-state index contributed by atoms with van der Waals surface area (Å²) in [5, 5.41) is 7.46. The molecule has 0 fully saturated rings. The third kappa shape index (κ3) is 6.06. The number of thiophene rings is 1. The highest BCUT2D eigenvalue weighted by atomic mass is 32.1. The van der Waals surface area contributed by atoms with Crippen molar-refractivity contribution in [2.45, 2.75) is 0 Å². The predicted molar refractivity (Wildman–Crippen MR) is 243 cm³/mol. The maximum Gasteiger partial charge on any atom is 0.160 e. The highest BCUT2D eigenvalue weighted by Crippen LogP contribution is 2.43. The van der Waals surface area contributed by atoms with E-state index in [1.165, 1.54) is 58.4 Å². The van der Waals surface area contributed by atoms with Crippen molar-refractivity contribution in [1.29, 1.82) is 0 Å². The molecule has 11 aromatic rings. The van der Waals surface area contributed by atoms with Crippen molar-refractivity contribution in [2.24, 2.45) is 0 Å². The third-order valence-corrected chi connectivity index (χ3v) is 12.3. The minimum absolute atomic E-state index is 0.700. The van der Waals surface area contributed by atoms with Gasteiger partial charge in [0.25, 0.3) is 0 Å². The molecule has 0 aliphatic carbocycles. The molecule has 3 heteroatoms. The first-order valence-corrected chi connectivity index (χ1v) is 20.1. The Morgan fingerprint density at radius 1 is 0.298 bits per heavy atom. The molecule has 0 N–H and O–H groups in total. The van der Waals surface area contributed by atoms with E-state index in [2.05, 4.69) is 200 Å². The molecule has 0 saturated heterocycles. The Bertz CT molecular complexity index is 3290. The van der Waals surface area contributed by atoms with Crippen LogP contribution in [0, 0.1) is 0 Å². The molecule has 0 radical (unpaired) electrons. The molecule has 0 amide bonds. The van der Waals surface area contributed by atoms with E-state index < -0.39 is 0 Å². The fraction of sp³-hybridized carbons (Fsp3) is 0. The Labute approximate surface area is 335 Å². The molecule has 0 atom stereocenters. The maximum atomic E-state index is 5.33. The molecule has 0 spiro atoms. The van der Waals surface area contributed by atoms with Crippen LogP contribution in [0.4, 0.5) is 0 Å². The first kappa shape index (κ1) is 33.2. The molecule has 0 unspecified atom stereocenters. The van der Waals surface area contributed by atoms with Crippen LogP contribution in [0.5, 0.6) is 0 Å². The molecule has 11 rings (SSSR count). The highest BCUT2D eigenvalue weighted by Gasteiger charge is 2.17. The average molecular weight is 743 g/mol. The van der Waals surface area contributed by atoms with E-state index in [9.17, 15) is 0 Å². The fourth-order valence-corrected chi connectivity index (χ4v) is 9.44. The van der Waals surface area contributed by atoms with Gasteiger partial charge in [-0.1, -0.05) is 164 Å². The minimum atomic E-state index is 0.700. The zero-order valence-corrected chi connectivity index (χ0v) is 31.7. The van der Waals surface area contributed by atoms with Crippen molar-refractivity contribution >= 4 is 53.1 Å². The first-order chi connectivity index (χ1) is 28.2. The Hall–Kier alpha value is -7.20. The van der Waals surface area contributed by atoms with Crippen LogP contribution in [0.1, 0.15) is 0 Å². The van der Waals surface area contributed by atoms with Crippen molar-refractivity contribution in [3.8, 4) is 67.3 Å². The summed E-state index contributed by atoms with van der Waals surface area (Å²) in [5.41, 5.74) is 11.9. The van der Waals surface area contributed by atoms with E-state index in [1.807, 2.05) is 17.4 Å². The maximum absolute atomic E-state index is 5.33. The molecule has 9 aromatic carbocycles. The summed E-state index contributed by atoms with van der Waals surface area (Å²) in [6.45, 7) is 0. The van der Waals surface area contributed by atoms with Crippen LogP contribution in [0.2, 0.25) is 0 Å². The van der Waals surface area contributed by atoms with Crippen molar-refractivity contribution in [3.63, 3.8) is 0 Å². The number of hydrogen-bond donors (Lipinski definition) is 0. The van der Waals surface area contributed by atoms with Crippen LogP contribution in [0.25, 0.3) is 109 Å². The van der Waals surface area contributed by atoms with E-state index >= 15 is 0 Å². The SMILES string of the molecule is c1ccc(-c2cccc(-c3cc(-c4cc(-c5ccc6ccc7ccccc7c6c5)nc(-c5ccccc5)n4)cc(-c4cccc5c4sc4ccccc45)c3)c2)cc1. The fourth-order valence-electron chi connectivity index (χ4n) is 8.20. The summed E-state index contributed by atoms with van der Waals surface area (Å²) in [6.07, 6.45) is 0. The Morgan fingerprint density at radius 3 is 1.68 bits per heavy atom. The van der Waals surface area contributed by atoms with E-state index in [4.69, 9.17) is 9.97 Å². The second-order valence-electron chi connectivity index (χ2n) is 14.6. The molecule has 0 bridgehead atoms. The van der Waals surface area contributed by atoms with E-state index in [1.54, 1.807) is 0 Å². The van der Waals surface area contributed by atoms with Gasteiger partial charge in [-0.05, 0) is 97.4 Å². The lowest BCUT2D eigenvalue weighted by Crippen LogP contribution is -1.97. The molecule has 266 valence electrons. The molecule has 0 aliphatic heterocycles. The van der Waals surface area contributed by atoms with Crippen LogP contribution in [-0.4, -0.2) is 9.97 Å². The topological polar surface area (TPSA) is 25.8 Å². The van der Waals surface area contributed by atoms with Gasteiger partial charge in [-0.3, -0.25) is 0 Å². The largest absolute Gasteiger partial charge is 0.228 e. The Kier molecular flexibility index (Phi) is 8.04. The van der Waals surface area contributed by atoms with Crippen LogP contribution in [0.15, 0.2) is 206 Å². The molecule has 0 saturated carbocycles. The molecule has 2 heterocycles. The van der Waals surface area contributed by atoms with Gasteiger partial charge in [-0.15, -0.1) is 11.3 Å². The predicted octanol–water partition coefficient (Wildman–Crippen LogP) is 15.2. The lowest BCUT2D eigenvalue weighted by molar-refractivity contribution is 1.18. The number of fused-ring (bicyclic) bond motifs is 6. The van der Waals surface area contributed by atoms with Gasteiger partial charge in [-0.2, -0.15) is 0 Å². The van der Waals surface area contributed by atoms with E-state index in [-0.39, 0.29) is 0 Å². The normalized spacial score (nSPS) is 11.5. The average Bonchev–Trinajstić information content (AvgIpc) is 3.68. The number of hydrogen-bond acceptors (Lipinski definition) is 3. The quantitative estimate of drug-likeness (QED) is 0.159. The summed E-state index contributed by atoms with van der Waals surface area (Å²) in [6, 6.07) is 74.1. The van der Waals surface area contributed by atoms with Crippen LogP contribution in [-0.2, 0) is 0 Å². The number of benzene rings is 9. The summed E-state index contributed by atoms with van der Waals surface area (Å²) < 4.78 is 2.58. The van der Waals surface area contributed by atoms with Crippen molar-refractivity contribution in [2.75, 3.05) is 0 Å². The second-order valence-corrected chi connectivity index (χ2v) is 15.6. The number of nitrogens with zero attached hydrogens (tertiary/aromatic N) is 2. The van der Waals surface area contributed by atoms with Gasteiger partial charge in [0.05, 0.1) is 11.4 Å². The van der Waals surface area contributed by atoms with Gasteiger partial charge in [-0.25, -0.2) is 9.97 Å². The zero-order valence-electron chi connectivity index (χ0n) is 30.9. The van der Waals surface area contributed by atoms with Crippen molar-refractivity contribution < 1.29 is 0 Å². The minimum Gasteiger partial charge on any atom is -0.228 e. The molecule has 2 aromatic heterocycles. The van der Waals surface area contributed by atoms with Gasteiger partial charge < -0.3 is 0 Å². The van der Waals surface area contributed by atoms with Gasteiger partial charge in [0.15, 0.2) is 5.82 Å². The summed E-state index contributed by atoms with van der Waals surface area (Å²) in [7, 11) is 0. The lowest BCUT2D eigenvalue weighted by atomic mass is 9.92. The Balaban J connectivity index is 1.15. The van der Waals surface area contributed by atoms with Crippen LogP contribution >= 0.6 is 11.3 Å². The second kappa shape index (κ2) is 13.8. The number of rotatable bonds is 6. The van der Waals surface area contributed by atoms with Crippen molar-refractivity contribution in [1.82, 2.24) is 9.97 Å². The summed E-state index contributed by atoms with van der Waals surface area (Å²) >= 11 is 1.86. The monoisotopic (exact) mass is 742 g/mol. The van der Waals surface area contributed by atoms with Gasteiger partial charge >= 0.3 is 0 Å². The standard InChI is InChI=1S/C54H34N2S/c1-3-13-35(14-4-1)39-18-11-19-40(29-39)42-30-43(46-22-12-23-48-47-21-9-10-24-52(47)57-53(46)48)32-44(31-42)51-34-50(55-54(56-51)38-16-5-2-6-17-38)41-28-27-37-26-25-36-15-7-8-20-45(36)49(37)33-41/h1-34H. The molecule has 0 aliphatic rings. The molecule has 2 nitrogen and oxygen atoms in total. The molecule has 57 heavy (non-hydrogen) atoms. The van der Waals surface area contributed by atoms with Gasteiger partial charge in [0.2, 0.25) is 0 Å². The van der Waals surface area contributed by atoms with Crippen molar-refractivity contribution in [3.05, 3.63) is 206 Å². The third-order valence-electron chi connectivity index (χ3n) is 11.0. The van der Waals surface area contributed by atoms with Gasteiger partial charge in [0.1, 0.15) is 0 Å². The molecular formula is C54H34N2S. The summed E-state index contributed by atoms with van der Waals surface area (Å²) in [5.74, 6) is 0.700. The number of aromatic nitrogens is 2. The smallest absolute Gasteiger partial charge is 0.160 e. The Morgan fingerprint density at radius 2 is 0.860 bits per heavy atom. The van der Waals surface area contributed by atoms with E-state index in [0.717, 1.165) is 44.8 Å². The first-order valence-electron chi connectivity index (χ1n) is 19.3. The van der Waals surface area contributed by atoms with E-state index in [0.29, 0.717) is 5.82 Å². The highest BCUT2D eigenvalue weighted by molar-refractivity contribution is 7.26. The molecular weight excluding hydrogens is 709 g/mol. The van der Waals surface area contributed by atoms with Crippen LogP contribution < -0.4 is 0 Å². The van der Waals surface area contributed by atoms with Gasteiger partial charge in [0, 0.05) is 36.9 Å². The lowest BCUT2D eigenvalue weighted by Gasteiger charge is -2.14. The summed E-state index contributed by atoms with van der Waals surface area (Å²) in [4.78, 5) is 10.6. The zero-order chi connectivity index (χ0) is 37.7.